The number of para-hydroxylation sites is 1. The molecule has 17 aromatic rings. The van der Waals surface area contributed by atoms with Crippen molar-refractivity contribution in [3.05, 3.63) is 350 Å². The van der Waals surface area contributed by atoms with Crippen molar-refractivity contribution in [3.63, 3.8) is 0 Å². The van der Waals surface area contributed by atoms with E-state index in [9.17, 15) is 0 Å². The standard InChI is InChI=1S/C85H54N2S/c1-4-19-60(20-5-1)85(61-21-6-2-7-22-61)79-33-16-14-29-72(79)73-47-39-59(53-80(73)85)58-41-50-82-78(52-58)77-51-57(40-49-81(77)87(82)65-46-48-71-69-27-11-10-25-67(69)68-26-12-13-28-70(68)76(71)54-65)55-35-42-63(43-36-55)86(62-23-8-3-9-24-62)64-44-37-56(38-45-64)66-31-18-32-75-74-30-15-17-34-83(74)88-84(66)75/h1-54H. The van der Waals surface area contributed by atoms with Crippen LogP contribution in [-0.2, 0) is 5.41 Å². The van der Waals surface area contributed by atoms with Crippen LogP contribution >= 0.6 is 11.3 Å². The van der Waals surface area contributed by atoms with Gasteiger partial charge in [-0.1, -0.05) is 243 Å². The Morgan fingerprint density at radius 1 is 0.261 bits per heavy atom. The first-order valence-electron chi connectivity index (χ1n) is 30.4. The van der Waals surface area contributed by atoms with E-state index in [1.807, 2.05) is 11.3 Å². The van der Waals surface area contributed by atoms with Gasteiger partial charge in [0.15, 0.2) is 0 Å². The molecular formula is C85H54N2S. The van der Waals surface area contributed by atoms with Crippen LogP contribution in [0.4, 0.5) is 17.1 Å². The lowest BCUT2D eigenvalue weighted by molar-refractivity contribution is 0.769. The first kappa shape index (κ1) is 50.2. The van der Waals surface area contributed by atoms with Gasteiger partial charge in [0, 0.05) is 53.7 Å². The Labute approximate surface area is 514 Å². The molecule has 1 aliphatic carbocycles. The minimum atomic E-state index is -0.501. The van der Waals surface area contributed by atoms with Gasteiger partial charge >= 0.3 is 0 Å². The monoisotopic (exact) mass is 1130 g/mol. The first-order valence-corrected chi connectivity index (χ1v) is 31.2. The predicted molar refractivity (Wildman–Crippen MR) is 374 cm³/mol. The number of hydrogen-bond donors (Lipinski definition) is 0. The molecular weight excluding hydrogens is 1080 g/mol. The third kappa shape index (κ3) is 7.67. The van der Waals surface area contributed by atoms with E-state index < -0.39 is 5.41 Å². The highest BCUT2D eigenvalue weighted by Crippen LogP contribution is 2.57. The van der Waals surface area contributed by atoms with Crippen molar-refractivity contribution < 1.29 is 0 Å². The fourth-order valence-corrected chi connectivity index (χ4v) is 16.1. The second-order valence-corrected chi connectivity index (χ2v) is 24.5. The molecule has 3 heteroatoms. The van der Waals surface area contributed by atoms with Gasteiger partial charge in [0.05, 0.1) is 16.4 Å². The van der Waals surface area contributed by atoms with Crippen molar-refractivity contribution in [1.82, 2.24) is 4.57 Å². The first-order chi connectivity index (χ1) is 43.6. The van der Waals surface area contributed by atoms with Crippen LogP contribution in [0.3, 0.4) is 0 Å². The number of hydrogen-bond acceptors (Lipinski definition) is 2. The average molecular weight is 1140 g/mol. The van der Waals surface area contributed by atoms with Crippen LogP contribution < -0.4 is 4.90 Å². The summed E-state index contributed by atoms with van der Waals surface area (Å²) in [6.07, 6.45) is 0. The lowest BCUT2D eigenvalue weighted by Crippen LogP contribution is -2.28. The Balaban J connectivity index is 0.784. The molecule has 1 aliphatic rings. The third-order valence-electron chi connectivity index (χ3n) is 18.9. The molecule has 0 amide bonds. The van der Waals surface area contributed by atoms with E-state index in [-0.39, 0.29) is 0 Å². The molecule has 88 heavy (non-hydrogen) atoms. The van der Waals surface area contributed by atoms with Crippen LogP contribution in [0.2, 0.25) is 0 Å². The molecule has 2 heterocycles. The Bertz CT molecular complexity index is 5530. The number of thiophene rings is 1. The van der Waals surface area contributed by atoms with Crippen LogP contribution in [-0.4, -0.2) is 4.57 Å². The minimum absolute atomic E-state index is 0.501. The van der Waals surface area contributed by atoms with Gasteiger partial charge in [0.1, 0.15) is 0 Å². The number of anilines is 3. The van der Waals surface area contributed by atoms with E-state index in [2.05, 4.69) is 337 Å². The summed E-state index contributed by atoms with van der Waals surface area (Å²) in [5.74, 6) is 0. The van der Waals surface area contributed by atoms with Gasteiger partial charge in [0.25, 0.3) is 0 Å². The number of aromatic nitrogens is 1. The Morgan fingerprint density at radius 2 is 0.716 bits per heavy atom. The molecule has 0 unspecified atom stereocenters. The molecule has 18 rings (SSSR count). The van der Waals surface area contributed by atoms with Crippen LogP contribution in [0.25, 0.3) is 124 Å². The maximum atomic E-state index is 2.49. The summed E-state index contributed by atoms with van der Waals surface area (Å²) in [5, 5.41) is 12.6. The number of nitrogens with zero attached hydrogens (tertiary/aromatic N) is 2. The average Bonchev–Trinajstić information content (AvgIpc) is 2.86. The van der Waals surface area contributed by atoms with Crippen molar-refractivity contribution in [2.24, 2.45) is 0 Å². The topological polar surface area (TPSA) is 8.17 Å². The van der Waals surface area contributed by atoms with E-state index in [0.717, 1.165) is 44.9 Å². The number of benzene rings is 15. The lowest BCUT2D eigenvalue weighted by atomic mass is 9.67. The normalized spacial score (nSPS) is 12.6. The summed E-state index contributed by atoms with van der Waals surface area (Å²) < 4.78 is 5.13. The maximum absolute atomic E-state index is 2.49. The van der Waals surface area contributed by atoms with Crippen LogP contribution in [0, 0.1) is 0 Å². The molecule has 0 aliphatic heterocycles. The smallest absolute Gasteiger partial charge is 0.0713 e. The van der Waals surface area contributed by atoms with E-state index in [0.29, 0.717) is 0 Å². The van der Waals surface area contributed by atoms with Crippen molar-refractivity contribution in [3.8, 4) is 50.2 Å². The highest BCUT2D eigenvalue weighted by atomic mass is 32.1. The minimum Gasteiger partial charge on any atom is -0.311 e. The zero-order valence-electron chi connectivity index (χ0n) is 48.0. The summed E-state index contributed by atoms with van der Waals surface area (Å²) in [6.45, 7) is 0. The molecule has 2 aromatic heterocycles. The van der Waals surface area contributed by atoms with Gasteiger partial charge in [-0.15, -0.1) is 11.3 Å². The highest BCUT2D eigenvalue weighted by molar-refractivity contribution is 7.26. The Kier molecular flexibility index (Phi) is 11.4. The maximum Gasteiger partial charge on any atom is 0.0713 e. The number of fused-ring (bicyclic) bond motifs is 15. The summed E-state index contributed by atoms with van der Waals surface area (Å²) in [5.41, 5.74) is 21.1. The van der Waals surface area contributed by atoms with Gasteiger partial charge in [-0.2, -0.15) is 0 Å². The molecule has 0 fully saturated rings. The van der Waals surface area contributed by atoms with Crippen molar-refractivity contribution in [2.75, 3.05) is 4.90 Å². The molecule has 0 N–H and O–H groups in total. The second kappa shape index (κ2) is 20.0. The van der Waals surface area contributed by atoms with Gasteiger partial charge in [0.2, 0.25) is 0 Å². The molecule has 0 atom stereocenters. The predicted octanol–water partition coefficient (Wildman–Crippen LogP) is 23.4. The zero-order valence-corrected chi connectivity index (χ0v) is 48.8. The van der Waals surface area contributed by atoms with Crippen LogP contribution in [0.5, 0.6) is 0 Å². The summed E-state index contributed by atoms with van der Waals surface area (Å²) >= 11 is 1.88. The zero-order chi connectivity index (χ0) is 57.9. The van der Waals surface area contributed by atoms with E-state index in [4.69, 9.17) is 0 Å². The van der Waals surface area contributed by atoms with Crippen molar-refractivity contribution >= 4 is 103 Å². The van der Waals surface area contributed by atoms with E-state index in [1.165, 1.54) is 119 Å². The summed E-state index contributed by atoms with van der Waals surface area (Å²) in [6, 6.07) is 122. The SMILES string of the molecule is c1ccc(N(c2ccc(-c3ccc4c(c3)c3cc(-c5ccc6c(c5)C(c5ccccc5)(c5ccccc5)c5ccccc5-6)ccc3n4-c3ccc4c5ccccc5c5ccccc5c4c3)cc2)c2ccc(-c3cccc4c3sc3ccccc34)cc2)cc1. The quantitative estimate of drug-likeness (QED) is 0.131. The molecule has 0 radical (unpaired) electrons. The van der Waals surface area contributed by atoms with Crippen molar-refractivity contribution in [2.45, 2.75) is 5.41 Å². The van der Waals surface area contributed by atoms with E-state index in [1.54, 1.807) is 0 Å². The van der Waals surface area contributed by atoms with Gasteiger partial charge in [-0.05, 0) is 184 Å². The molecule has 410 valence electrons. The molecule has 0 bridgehead atoms. The van der Waals surface area contributed by atoms with Gasteiger partial charge < -0.3 is 9.47 Å². The van der Waals surface area contributed by atoms with Crippen LogP contribution in [0.1, 0.15) is 22.3 Å². The third-order valence-corrected chi connectivity index (χ3v) is 20.1. The van der Waals surface area contributed by atoms with Gasteiger partial charge in [-0.25, -0.2) is 0 Å². The van der Waals surface area contributed by atoms with Crippen molar-refractivity contribution in [1.29, 1.82) is 0 Å². The highest BCUT2D eigenvalue weighted by Gasteiger charge is 2.46. The van der Waals surface area contributed by atoms with Gasteiger partial charge in [-0.3, -0.25) is 0 Å². The number of rotatable bonds is 9. The Morgan fingerprint density at radius 3 is 1.36 bits per heavy atom. The Hall–Kier alpha value is -11.1. The molecule has 2 nitrogen and oxygen atoms in total. The summed E-state index contributed by atoms with van der Waals surface area (Å²) in [4.78, 5) is 2.36. The second-order valence-electron chi connectivity index (χ2n) is 23.5. The molecule has 0 spiro atoms. The molecule has 0 saturated heterocycles. The van der Waals surface area contributed by atoms with Crippen LogP contribution in [0.15, 0.2) is 328 Å². The molecule has 0 saturated carbocycles. The lowest BCUT2D eigenvalue weighted by Gasteiger charge is -2.34. The summed E-state index contributed by atoms with van der Waals surface area (Å²) in [7, 11) is 0. The van der Waals surface area contributed by atoms with E-state index >= 15 is 0 Å². The fraction of sp³-hybridized carbons (Fsp3) is 0.0118. The largest absolute Gasteiger partial charge is 0.311 e. The molecule has 15 aromatic carbocycles. The fourth-order valence-electron chi connectivity index (χ4n) is 14.9.